The molecule has 0 spiro atoms. The van der Waals surface area contributed by atoms with Gasteiger partial charge in [-0.15, -0.1) is 0 Å². The van der Waals surface area contributed by atoms with Crippen molar-refractivity contribution in [2.45, 2.75) is 44.6 Å². The van der Waals surface area contributed by atoms with Crippen LogP contribution in [-0.4, -0.2) is 42.4 Å². The first-order chi connectivity index (χ1) is 14.1. The van der Waals surface area contributed by atoms with Crippen LogP contribution >= 0.6 is 0 Å². The highest BCUT2D eigenvalue weighted by atomic mass is 19.1. The lowest BCUT2D eigenvalue weighted by Gasteiger charge is -2.22. The molecule has 1 saturated heterocycles. The Morgan fingerprint density at radius 1 is 1.28 bits per heavy atom. The van der Waals surface area contributed by atoms with Crippen LogP contribution in [0.5, 0.6) is 0 Å². The van der Waals surface area contributed by atoms with Gasteiger partial charge in [-0.2, -0.15) is 0 Å². The molecule has 0 saturated carbocycles. The summed E-state index contributed by atoms with van der Waals surface area (Å²) in [4.78, 5) is 31.1. The maximum Gasteiger partial charge on any atom is 0.417 e. The van der Waals surface area contributed by atoms with E-state index in [1.807, 2.05) is 0 Å². The molecule has 0 unspecified atom stereocenters. The number of halogens is 1. The lowest BCUT2D eigenvalue weighted by molar-refractivity contribution is -0.128. The predicted molar refractivity (Wildman–Crippen MR) is 107 cm³/mol. The van der Waals surface area contributed by atoms with Gasteiger partial charge in [-0.25, -0.2) is 14.1 Å². The predicted octanol–water partition coefficient (Wildman–Crippen LogP) is 4.36. The summed E-state index contributed by atoms with van der Waals surface area (Å²) < 4.78 is 18.3. The normalized spacial score (nSPS) is 19.6. The molecule has 7 heteroatoms. The third-order valence-electron chi connectivity index (χ3n) is 5.04. The van der Waals surface area contributed by atoms with Gasteiger partial charge in [0.2, 0.25) is 5.91 Å². The Morgan fingerprint density at radius 2 is 2.07 bits per heavy atom. The Kier molecular flexibility index (Phi) is 7.16. The number of carbonyl (C=O) groups excluding carboxylic acids is 2. The molecule has 1 heterocycles. The summed E-state index contributed by atoms with van der Waals surface area (Å²) in [5, 5.41) is 3.99. The first kappa shape index (κ1) is 20.8. The fraction of sp³-hybridized carbons (Fsp3) is 0.409. The summed E-state index contributed by atoms with van der Waals surface area (Å²) in [7, 11) is 1.44. The molecular formula is C22H25FN2O4. The van der Waals surface area contributed by atoms with E-state index in [0.29, 0.717) is 18.6 Å². The van der Waals surface area contributed by atoms with Crippen LogP contribution in [0, 0.1) is 5.82 Å². The van der Waals surface area contributed by atoms with Crippen LogP contribution in [-0.2, 0) is 14.4 Å². The molecule has 0 bridgehead atoms. The topological polar surface area (TPSA) is 68.2 Å². The quantitative estimate of drug-likeness (QED) is 0.387. The van der Waals surface area contributed by atoms with Crippen molar-refractivity contribution >= 4 is 17.7 Å². The SMILES string of the molecule is CO/N=C(/CCCC(=O)N1C(=O)OC[C@@H]1C1=CCC=CCC1)c1ccc(F)cc1. The number of imide groups is 1. The molecule has 2 aliphatic rings. The molecule has 1 aliphatic heterocycles. The summed E-state index contributed by atoms with van der Waals surface area (Å²) >= 11 is 0. The molecule has 1 aromatic rings. The van der Waals surface area contributed by atoms with Crippen molar-refractivity contribution in [2.24, 2.45) is 5.16 Å². The zero-order valence-electron chi connectivity index (χ0n) is 16.5. The molecular weight excluding hydrogens is 375 g/mol. The number of hydrogen-bond acceptors (Lipinski definition) is 5. The first-order valence-electron chi connectivity index (χ1n) is 9.79. The van der Waals surface area contributed by atoms with Crippen molar-refractivity contribution in [1.82, 2.24) is 4.90 Å². The monoisotopic (exact) mass is 400 g/mol. The standard InChI is InChI=1S/C22H25FN2O4/c1-28-24-19(16-11-13-18(23)14-12-16)9-6-10-21(26)25-20(15-29-22(25)27)17-7-4-2-3-5-8-17/h2-3,7,11-14,20H,4-6,8-10,15H2,1H3/b24-19-/t20-/m1/s1. The van der Waals surface area contributed by atoms with Gasteiger partial charge in [-0.3, -0.25) is 4.79 Å². The molecule has 2 amide bonds. The second kappa shape index (κ2) is 10.0. The minimum Gasteiger partial charge on any atom is -0.447 e. The molecule has 6 nitrogen and oxygen atoms in total. The molecule has 154 valence electrons. The summed E-state index contributed by atoms with van der Waals surface area (Å²) in [6.07, 6.45) is 9.33. The van der Waals surface area contributed by atoms with Crippen LogP contribution in [0.2, 0.25) is 0 Å². The minimum atomic E-state index is -0.581. The lowest BCUT2D eigenvalue weighted by Crippen LogP contribution is -2.40. The Morgan fingerprint density at radius 3 is 2.83 bits per heavy atom. The van der Waals surface area contributed by atoms with Crippen molar-refractivity contribution in [2.75, 3.05) is 13.7 Å². The van der Waals surface area contributed by atoms with Crippen molar-refractivity contribution in [3.63, 3.8) is 0 Å². The Labute approximate surface area is 169 Å². The minimum absolute atomic E-state index is 0.182. The molecule has 0 N–H and O–H groups in total. The third kappa shape index (κ3) is 5.31. The molecule has 1 fully saturated rings. The Balaban J connectivity index is 1.61. The molecule has 29 heavy (non-hydrogen) atoms. The van der Waals surface area contributed by atoms with Gasteiger partial charge in [0.1, 0.15) is 19.5 Å². The summed E-state index contributed by atoms with van der Waals surface area (Å²) in [5.74, 6) is -0.589. The van der Waals surface area contributed by atoms with Crippen LogP contribution in [0.25, 0.3) is 0 Å². The Hall–Kier alpha value is -2.96. The second-order valence-electron chi connectivity index (χ2n) is 6.96. The lowest BCUT2D eigenvalue weighted by atomic mass is 10.0. The van der Waals surface area contributed by atoms with E-state index < -0.39 is 6.09 Å². The number of rotatable bonds is 7. The summed E-state index contributed by atoms with van der Waals surface area (Å²) in [6.45, 7) is 0.211. The highest BCUT2D eigenvalue weighted by Crippen LogP contribution is 2.26. The van der Waals surface area contributed by atoms with E-state index in [4.69, 9.17) is 9.57 Å². The number of allylic oxidation sites excluding steroid dienone is 3. The van der Waals surface area contributed by atoms with Gasteiger partial charge in [0.05, 0.1) is 11.8 Å². The Bertz CT molecular complexity index is 830. The van der Waals surface area contributed by atoms with Crippen molar-refractivity contribution in [3.8, 4) is 0 Å². The van der Waals surface area contributed by atoms with Crippen LogP contribution in [0.4, 0.5) is 9.18 Å². The fourth-order valence-electron chi connectivity index (χ4n) is 3.58. The molecule has 1 aliphatic carbocycles. The van der Waals surface area contributed by atoms with Gasteiger partial charge in [0.15, 0.2) is 0 Å². The largest absolute Gasteiger partial charge is 0.447 e. The summed E-state index contributed by atoms with van der Waals surface area (Å²) in [6, 6.07) is 5.63. The molecule has 0 radical (unpaired) electrons. The average molecular weight is 400 g/mol. The number of ether oxygens (including phenoxy) is 1. The van der Waals surface area contributed by atoms with Gasteiger partial charge >= 0.3 is 6.09 Å². The highest BCUT2D eigenvalue weighted by molar-refractivity contribution is 6.00. The van der Waals surface area contributed by atoms with E-state index in [2.05, 4.69) is 23.4 Å². The van der Waals surface area contributed by atoms with Gasteiger partial charge in [0.25, 0.3) is 0 Å². The number of carbonyl (C=O) groups is 2. The zero-order chi connectivity index (χ0) is 20.6. The van der Waals surface area contributed by atoms with E-state index in [9.17, 15) is 14.0 Å². The molecule has 3 rings (SSSR count). The van der Waals surface area contributed by atoms with Gasteiger partial charge in [0, 0.05) is 6.42 Å². The number of amides is 2. The number of nitrogens with zero attached hydrogens (tertiary/aromatic N) is 2. The van der Waals surface area contributed by atoms with Crippen molar-refractivity contribution in [1.29, 1.82) is 0 Å². The van der Waals surface area contributed by atoms with Crippen molar-refractivity contribution < 1.29 is 23.6 Å². The maximum atomic E-state index is 13.1. The van der Waals surface area contributed by atoms with Gasteiger partial charge in [-0.1, -0.05) is 35.5 Å². The smallest absolute Gasteiger partial charge is 0.417 e. The highest BCUT2D eigenvalue weighted by Gasteiger charge is 2.39. The van der Waals surface area contributed by atoms with E-state index in [0.717, 1.165) is 30.4 Å². The zero-order valence-corrected chi connectivity index (χ0v) is 16.5. The van der Waals surface area contributed by atoms with Crippen LogP contribution < -0.4 is 0 Å². The van der Waals surface area contributed by atoms with Gasteiger partial charge < -0.3 is 9.57 Å². The number of hydrogen-bond donors (Lipinski definition) is 0. The van der Waals surface area contributed by atoms with Crippen molar-refractivity contribution in [3.05, 3.63) is 59.4 Å². The second-order valence-corrected chi connectivity index (χ2v) is 6.96. The average Bonchev–Trinajstić information content (AvgIpc) is 2.92. The van der Waals surface area contributed by atoms with E-state index in [-0.39, 0.29) is 30.8 Å². The first-order valence-corrected chi connectivity index (χ1v) is 9.79. The van der Waals surface area contributed by atoms with Crippen LogP contribution in [0.15, 0.2) is 53.2 Å². The fourth-order valence-corrected chi connectivity index (χ4v) is 3.58. The summed E-state index contributed by atoms with van der Waals surface area (Å²) in [5.41, 5.74) is 2.43. The number of cyclic esters (lactones) is 1. The number of oxime groups is 1. The van der Waals surface area contributed by atoms with Crippen LogP contribution in [0.1, 0.15) is 44.1 Å². The molecule has 1 aromatic carbocycles. The van der Waals surface area contributed by atoms with E-state index >= 15 is 0 Å². The maximum absolute atomic E-state index is 13.1. The number of benzene rings is 1. The van der Waals surface area contributed by atoms with E-state index in [1.54, 1.807) is 12.1 Å². The molecule has 1 atom stereocenters. The van der Waals surface area contributed by atoms with Crippen LogP contribution in [0.3, 0.4) is 0 Å². The van der Waals surface area contributed by atoms with Gasteiger partial charge in [-0.05, 0) is 55.4 Å². The third-order valence-corrected chi connectivity index (χ3v) is 5.04. The molecule has 0 aromatic heterocycles. The van der Waals surface area contributed by atoms with E-state index in [1.165, 1.54) is 24.1 Å².